The smallest absolute Gasteiger partial charge is 0.434 e. The van der Waals surface area contributed by atoms with Crippen LogP contribution in [0.15, 0.2) is 90.2 Å². The van der Waals surface area contributed by atoms with Gasteiger partial charge < -0.3 is 42.6 Å². The third kappa shape index (κ3) is 13.0. The van der Waals surface area contributed by atoms with Crippen LogP contribution in [0.25, 0.3) is 56.2 Å². The number of methoxy groups -OCH3 is 2. The topological polar surface area (TPSA) is 193 Å². The van der Waals surface area contributed by atoms with Crippen molar-refractivity contribution in [2.24, 2.45) is 14.1 Å². The number of rotatable bonds is 11. The van der Waals surface area contributed by atoms with Gasteiger partial charge in [0.2, 0.25) is 17.0 Å². The largest absolute Gasteiger partial charge is 1.00 e. The maximum atomic E-state index is 13.1. The highest BCUT2D eigenvalue weighted by molar-refractivity contribution is 9.10. The van der Waals surface area contributed by atoms with E-state index in [1.54, 1.807) is 79.7 Å². The van der Waals surface area contributed by atoms with E-state index in [0.29, 0.717) is 76.3 Å². The number of benzene rings is 2. The van der Waals surface area contributed by atoms with Crippen LogP contribution in [0.4, 0.5) is 26.3 Å². The molecule has 0 N–H and O–H groups in total. The van der Waals surface area contributed by atoms with Crippen molar-refractivity contribution in [2.75, 3.05) is 14.2 Å². The molecule has 2 aliphatic rings. The van der Waals surface area contributed by atoms with Crippen LogP contribution in [0.2, 0.25) is 5.28 Å². The summed E-state index contributed by atoms with van der Waals surface area (Å²) in [6, 6.07) is 14.3. The fourth-order valence-electron chi connectivity index (χ4n) is 8.57. The zero-order valence-electron chi connectivity index (χ0n) is 42.9. The van der Waals surface area contributed by atoms with Gasteiger partial charge in [0.05, 0.1) is 61.9 Å². The second-order valence-electron chi connectivity index (χ2n) is 18.6. The number of imidazole rings is 2. The fraction of sp³-hybridized carbons (Fsp3) is 0.321. The van der Waals surface area contributed by atoms with Crippen molar-refractivity contribution in [3.05, 3.63) is 141 Å². The number of hydrogen-bond donors (Lipinski definition) is 0. The maximum absolute atomic E-state index is 13.1. The highest BCUT2D eigenvalue weighted by Gasteiger charge is 2.36. The van der Waals surface area contributed by atoms with Crippen LogP contribution >= 0.6 is 27.5 Å². The van der Waals surface area contributed by atoms with Crippen molar-refractivity contribution in [2.45, 2.75) is 84.2 Å². The Bertz CT molecular complexity index is 3820. The first-order valence-corrected chi connectivity index (χ1v) is 25.3. The molecule has 0 bridgehead atoms. The Labute approximate surface area is 484 Å². The first-order chi connectivity index (χ1) is 37.2. The van der Waals surface area contributed by atoms with E-state index in [1.807, 2.05) is 38.1 Å². The van der Waals surface area contributed by atoms with Crippen LogP contribution in [-0.4, -0.2) is 92.8 Å². The number of ether oxygens (including phenoxy) is 2. The molecular weight excluding hydrogens is 1250 g/mol. The molecule has 27 heteroatoms. The van der Waals surface area contributed by atoms with Gasteiger partial charge in [-0.05, 0) is 78.2 Å². The molecule has 2 saturated carbocycles. The van der Waals surface area contributed by atoms with Crippen LogP contribution in [0, 0.1) is 13.8 Å². The number of halogens is 9. The summed E-state index contributed by atoms with van der Waals surface area (Å²) in [5.41, 5.74) is 5.11. The molecule has 8 heterocycles. The van der Waals surface area contributed by atoms with Gasteiger partial charge >= 0.3 is 12.4 Å². The lowest BCUT2D eigenvalue weighted by atomic mass is 10.1. The third-order valence-corrected chi connectivity index (χ3v) is 13.6. The van der Waals surface area contributed by atoms with E-state index in [4.69, 9.17) is 26.1 Å². The van der Waals surface area contributed by atoms with Crippen molar-refractivity contribution < 1.29 is 59.8 Å². The molecular formula is C53H50BrClF6IN16O2-. The molecule has 18 nitrogen and oxygen atoms in total. The summed E-state index contributed by atoms with van der Waals surface area (Å²) in [7, 11) is 6.28. The molecule has 10 aromatic rings. The van der Waals surface area contributed by atoms with E-state index in [0.717, 1.165) is 68.8 Å². The van der Waals surface area contributed by atoms with Crippen LogP contribution in [0.3, 0.4) is 0 Å². The molecule has 2 aliphatic carbocycles. The van der Waals surface area contributed by atoms with Gasteiger partial charge in [-0.15, -0.1) is 0 Å². The van der Waals surface area contributed by atoms with Gasteiger partial charge in [-0.2, -0.15) is 51.5 Å². The predicted octanol–water partition coefficient (Wildman–Crippen LogP) is 8.97. The summed E-state index contributed by atoms with van der Waals surface area (Å²) < 4.78 is 95.4. The van der Waals surface area contributed by atoms with Crippen LogP contribution in [0.5, 0.6) is 11.8 Å². The van der Waals surface area contributed by atoms with E-state index >= 15 is 0 Å². The van der Waals surface area contributed by atoms with Crippen molar-refractivity contribution in [3.8, 4) is 45.9 Å². The standard InChI is InChI=1S/C26H23F3N8O.C17H12ClF3N6.C9H11BrN2O.CH4.HI/c1-14-32-21(16-8-9-16)20(25(33-14)38-3)22-30-10-18-11-31-37(24(18)35-22)12-15-4-6-17(7-5-15)23-34-19(13-36(23)2)26(27,28)29;1-26-9-13(17(19,20)21)24-14(26)11-4-2-10(3-5-11)8-27-15-12(7-23-27)6-22-16(18)25-15;1-5-11-8(6-3-4-6)7(10)9(12-5)13-2;;/h4-7,10-11,13,16H,8-9,12H2,1-3H3;2-7,9H,8H2,1H3;6H,3-4H2,1-2H3;1H4;1H/p-1. The van der Waals surface area contributed by atoms with Crippen molar-refractivity contribution in [1.82, 2.24) is 78.5 Å². The number of alkyl halides is 6. The summed E-state index contributed by atoms with van der Waals surface area (Å²) in [4.78, 5) is 42.6. The molecule has 0 amide bonds. The highest BCUT2D eigenvalue weighted by atomic mass is 127. The lowest BCUT2D eigenvalue weighted by molar-refractivity contribution is -0.141. The third-order valence-electron chi connectivity index (χ3n) is 12.7. The Hall–Kier alpha value is -7.20. The summed E-state index contributed by atoms with van der Waals surface area (Å²) in [5.74, 6) is 4.44. The normalized spacial score (nSPS) is 13.2. The lowest BCUT2D eigenvalue weighted by Crippen LogP contribution is -3.00. The van der Waals surface area contributed by atoms with Crippen molar-refractivity contribution in [3.63, 3.8) is 0 Å². The molecule has 0 saturated heterocycles. The molecule has 418 valence electrons. The summed E-state index contributed by atoms with van der Waals surface area (Å²) in [6.45, 7) is 4.57. The molecule has 0 spiro atoms. The van der Waals surface area contributed by atoms with Gasteiger partial charge in [0, 0.05) is 61.8 Å². The molecule has 2 aromatic carbocycles. The Morgan fingerprint density at radius 3 is 1.48 bits per heavy atom. The Morgan fingerprint density at radius 1 is 0.588 bits per heavy atom. The van der Waals surface area contributed by atoms with Gasteiger partial charge in [-0.25, -0.2) is 44.3 Å². The second kappa shape index (κ2) is 23.9. The SMILES string of the molecule is C.COc1nc(C)nc(C2CC2)c1-c1ncc2cnn(Cc3ccc(-c4nc(C(F)(F)F)cn4C)cc3)c2n1.COc1nc(C)nc(C2CC2)c1Br.Cn1cc(C(F)(F)F)nc1-c1ccc(Cn2ncc3cnc(Cl)nc32)cc1.[I-]. The van der Waals surface area contributed by atoms with Crippen molar-refractivity contribution in [1.29, 1.82) is 0 Å². The fourth-order valence-corrected chi connectivity index (χ4v) is 9.36. The monoisotopic (exact) mass is 1300 g/mol. The molecule has 80 heavy (non-hydrogen) atoms. The van der Waals surface area contributed by atoms with E-state index in [-0.39, 0.29) is 48.3 Å². The lowest BCUT2D eigenvalue weighted by Gasteiger charge is -2.12. The minimum absolute atomic E-state index is 0. The van der Waals surface area contributed by atoms with Crippen molar-refractivity contribution >= 4 is 49.6 Å². The van der Waals surface area contributed by atoms with Gasteiger partial charge in [0.25, 0.3) is 0 Å². The van der Waals surface area contributed by atoms with Crippen LogP contribution in [-0.2, 0) is 39.5 Å². The van der Waals surface area contributed by atoms with Gasteiger partial charge in [0.1, 0.15) is 33.3 Å². The molecule has 0 unspecified atom stereocenters. The average molecular weight is 1300 g/mol. The molecule has 2 fully saturated rings. The van der Waals surface area contributed by atoms with Crippen LogP contribution < -0.4 is 33.5 Å². The highest BCUT2D eigenvalue weighted by Crippen LogP contribution is 2.46. The zero-order valence-corrected chi connectivity index (χ0v) is 47.4. The predicted molar refractivity (Wildman–Crippen MR) is 285 cm³/mol. The van der Waals surface area contributed by atoms with Crippen LogP contribution in [0.1, 0.15) is 90.5 Å². The average Bonchev–Trinajstić information content (AvgIpc) is 4.31. The number of nitrogens with zero attached hydrogens (tertiary/aromatic N) is 16. The minimum Gasteiger partial charge on any atom is -1.00 e. The molecule has 0 radical (unpaired) electrons. The van der Waals surface area contributed by atoms with E-state index in [1.165, 1.54) is 29.0 Å². The first-order valence-electron chi connectivity index (χ1n) is 24.2. The minimum atomic E-state index is -4.49. The summed E-state index contributed by atoms with van der Waals surface area (Å²) in [5, 5.41) is 10.4. The van der Waals surface area contributed by atoms with E-state index in [2.05, 4.69) is 71.0 Å². The Balaban J connectivity index is 0.000000174. The molecule has 0 atom stereocenters. The Kier molecular flexibility index (Phi) is 17.6. The second-order valence-corrected chi connectivity index (χ2v) is 19.7. The number of hydrogen-bond acceptors (Lipinski definition) is 14. The molecule has 0 aliphatic heterocycles. The summed E-state index contributed by atoms with van der Waals surface area (Å²) in [6.07, 6.45) is 4.23. The number of aromatic nitrogens is 16. The van der Waals surface area contributed by atoms with E-state index in [9.17, 15) is 26.3 Å². The molecule has 12 rings (SSSR count). The number of fused-ring (bicyclic) bond motifs is 2. The first kappa shape index (κ1) is 58.9. The van der Waals surface area contributed by atoms with Gasteiger partial charge in [-0.3, -0.25) is 0 Å². The maximum Gasteiger partial charge on any atom is 0.434 e. The molecule has 8 aromatic heterocycles. The van der Waals surface area contributed by atoms with Gasteiger partial charge in [0.15, 0.2) is 28.5 Å². The van der Waals surface area contributed by atoms with Gasteiger partial charge in [-0.1, -0.05) is 56.0 Å². The summed E-state index contributed by atoms with van der Waals surface area (Å²) >= 11 is 9.30. The number of aryl methyl sites for hydroxylation is 4. The van der Waals surface area contributed by atoms with E-state index < -0.39 is 23.7 Å². The zero-order chi connectivity index (χ0) is 55.2. The quantitative estimate of drug-likeness (QED) is 0.0677. The Morgan fingerprint density at radius 2 is 1.02 bits per heavy atom.